The summed E-state index contributed by atoms with van der Waals surface area (Å²) in [6.07, 6.45) is 0.600. The molecule has 0 aliphatic heterocycles. The van der Waals surface area contributed by atoms with E-state index in [-0.39, 0.29) is 11.7 Å². The summed E-state index contributed by atoms with van der Waals surface area (Å²) in [5.74, 6) is 0.0816. The molecule has 2 aromatic carbocycles. The minimum Gasteiger partial charge on any atom is -0.441 e. The molecule has 1 atom stereocenters. The predicted molar refractivity (Wildman–Crippen MR) is 91.5 cm³/mol. The van der Waals surface area contributed by atoms with Gasteiger partial charge in [-0.15, -0.1) is 0 Å². The van der Waals surface area contributed by atoms with Crippen LogP contribution >= 0.6 is 0 Å². The van der Waals surface area contributed by atoms with Crippen molar-refractivity contribution in [1.29, 1.82) is 0 Å². The average molecular weight is 327 g/mol. The third-order valence-electron chi connectivity index (χ3n) is 3.67. The first-order valence-electron chi connectivity index (χ1n) is 7.75. The standard InChI is InChI=1S/C18H18FN3O2/c1-3-15(18(23)22-13-6-4-12(19)5-7-13)21-14-8-9-17-16(10-14)20-11(2)24-17/h4-10,15,21H,3H2,1-2H3,(H,22,23)/t15-/m1/s1. The first-order valence-corrected chi connectivity index (χ1v) is 7.75. The Bertz CT molecular complexity index is 858. The molecule has 0 spiro atoms. The number of hydrogen-bond acceptors (Lipinski definition) is 4. The number of amides is 1. The average Bonchev–Trinajstić information content (AvgIpc) is 2.94. The summed E-state index contributed by atoms with van der Waals surface area (Å²) in [4.78, 5) is 16.7. The van der Waals surface area contributed by atoms with Crippen molar-refractivity contribution in [3.63, 3.8) is 0 Å². The number of hydrogen-bond donors (Lipinski definition) is 2. The largest absolute Gasteiger partial charge is 0.441 e. The SMILES string of the molecule is CC[C@@H](Nc1ccc2oc(C)nc2c1)C(=O)Nc1ccc(F)cc1. The van der Waals surface area contributed by atoms with Gasteiger partial charge in [0, 0.05) is 18.3 Å². The second-order valence-corrected chi connectivity index (χ2v) is 5.52. The van der Waals surface area contributed by atoms with Crippen LogP contribution in [0.15, 0.2) is 46.9 Å². The molecule has 1 heterocycles. The van der Waals surface area contributed by atoms with Crippen molar-refractivity contribution >= 4 is 28.4 Å². The van der Waals surface area contributed by atoms with E-state index in [4.69, 9.17) is 4.42 Å². The van der Waals surface area contributed by atoms with Crippen molar-refractivity contribution < 1.29 is 13.6 Å². The molecule has 0 bridgehead atoms. The third-order valence-corrected chi connectivity index (χ3v) is 3.67. The number of rotatable bonds is 5. The molecule has 0 unspecified atom stereocenters. The monoisotopic (exact) mass is 327 g/mol. The Morgan fingerprint density at radius 3 is 2.62 bits per heavy atom. The quantitative estimate of drug-likeness (QED) is 0.740. The maximum Gasteiger partial charge on any atom is 0.246 e. The Kier molecular flexibility index (Phi) is 4.46. The smallest absolute Gasteiger partial charge is 0.246 e. The van der Waals surface area contributed by atoms with Crippen LogP contribution in [0.2, 0.25) is 0 Å². The fourth-order valence-electron chi connectivity index (χ4n) is 2.45. The van der Waals surface area contributed by atoms with Gasteiger partial charge >= 0.3 is 0 Å². The van der Waals surface area contributed by atoms with E-state index in [1.165, 1.54) is 24.3 Å². The minimum atomic E-state index is -0.416. The normalized spacial score (nSPS) is 12.1. The van der Waals surface area contributed by atoms with Gasteiger partial charge in [0.25, 0.3) is 0 Å². The van der Waals surface area contributed by atoms with Crippen LogP contribution in [0.5, 0.6) is 0 Å². The van der Waals surface area contributed by atoms with Gasteiger partial charge in [-0.3, -0.25) is 4.79 Å². The zero-order valence-electron chi connectivity index (χ0n) is 13.5. The van der Waals surface area contributed by atoms with E-state index in [9.17, 15) is 9.18 Å². The van der Waals surface area contributed by atoms with Crippen molar-refractivity contribution in [3.05, 3.63) is 54.2 Å². The molecule has 24 heavy (non-hydrogen) atoms. The fraction of sp³-hybridized carbons (Fsp3) is 0.222. The van der Waals surface area contributed by atoms with Gasteiger partial charge in [-0.25, -0.2) is 9.37 Å². The highest BCUT2D eigenvalue weighted by Gasteiger charge is 2.17. The molecule has 0 aliphatic carbocycles. The van der Waals surface area contributed by atoms with Crippen molar-refractivity contribution in [1.82, 2.24) is 4.98 Å². The summed E-state index contributed by atoms with van der Waals surface area (Å²) < 4.78 is 18.4. The van der Waals surface area contributed by atoms with E-state index in [2.05, 4.69) is 15.6 Å². The third kappa shape index (κ3) is 3.53. The first kappa shape index (κ1) is 16.0. The van der Waals surface area contributed by atoms with E-state index in [0.717, 1.165) is 11.2 Å². The molecule has 0 fully saturated rings. The molecule has 5 nitrogen and oxygen atoms in total. The highest BCUT2D eigenvalue weighted by atomic mass is 19.1. The number of nitrogens with one attached hydrogen (secondary N) is 2. The van der Waals surface area contributed by atoms with Crippen LogP contribution < -0.4 is 10.6 Å². The Balaban J connectivity index is 1.72. The van der Waals surface area contributed by atoms with E-state index in [1.807, 2.05) is 25.1 Å². The van der Waals surface area contributed by atoms with Crippen LogP contribution in [-0.4, -0.2) is 16.9 Å². The molecular formula is C18H18FN3O2. The lowest BCUT2D eigenvalue weighted by atomic mass is 10.1. The number of nitrogens with zero attached hydrogens (tertiary/aromatic N) is 1. The number of benzene rings is 2. The molecule has 1 amide bonds. The number of carbonyl (C=O) groups is 1. The zero-order valence-corrected chi connectivity index (χ0v) is 13.5. The number of anilines is 2. The van der Waals surface area contributed by atoms with E-state index in [0.29, 0.717) is 23.6 Å². The maximum absolute atomic E-state index is 12.9. The van der Waals surface area contributed by atoms with Gasteiger partial charge in [-0.1, -0.05) is 6.92 Å². The van der Waals surface area contributed by atoms with Gasteiger partial charge in [0.15, 0.2) is 11.5 Å². The number of aromatic nitrogens is 1. The summed E-state index contributed by atoms with van der Waals surface area (Å²) in [7, 11) is 0. The molecule has 124 valence electrons. The molecule has 0 saturated heterocycles. The molecular weight excluding hydrogens is 309 g/mol. The molecule has 2 N–H and O–H groups in total. The lowest BCUT2D eigenvalue weighted by Crippen LogP contribution is -2.34. The van der Waals surface area contributed by atoms with Gasteiger partial charge in [0.2, 0.25) is 5.91 Å². The molecule has 3 aromatic rings. The number of aryl methyl sites for hydroxylation is 1. The molecule has 0 aliphatic rings. The summed E-state index contributed by atoms with van der Waals surface area (Å²) in [5.41, 5.74) is 2.80. The number of oxazole rings is 1. The van der Waals surface area contributed by atoms with Gasteiger partial charge in [0.05, 0.1) is 0 Å². The summed E-state index contributed by atoms with van der Waals surface area (Å²) in [6, 6.07) is 10.8. The van der Waals surface area contributed by atoms with Crippen LogP contribution in [0.4, 0.5) is 15.8 Å². The van der Waals surface area contributed by atoms with Crippen LogP contribution in [0.25, 0.3) is 11.1 Å². The lowest BCUT2D eigenvalue weighted by Gasteiger charge is -2.18. The van der Waals surface area contributed by atoms with Crippen molar-refractivity contribution in [2.45, 2.75) is 26.3 Å². The highest BCUT2D eigenvalue weighted by Crippen LogP contribution is 2.21. The predicted octanol–water partition coefficient (Wildman–Crippen LogP) is 4.10. The van der Waals surface area contributed by atoms with Gasteiger partial charge < -0.3 is 15.1 Å². The second-order valence-electron chi connectivity index (χ2n) is 5.52. The molecule has 3 rings (SSSR count). The van der Waals surface area contributed by atoms with Crippen molar-refractivity contribution in [2.75, 3.05) is 10.6 Å². The Labute approximate surface area is 138 Å². The topological polar surface area (TPSA) is 67.2 Å². The van der Waals surface area contributed by atoms with Crippen LogP contribution in [0.3, 0.4) is 0 Å². The minimum absolute atomic E-state index is 0.180. The van der Waals surface area contributed by atoms with E-state index >= 15 is 0 Å². The lowest BCUT2D eigenvalue weighted by molar-refractivity contribution is -0.116. The summed E-state index contributed by atoms with van der Waals surface area (Å²) >= 11 is 0. The van der Waals surface area contributed by atoms with Crippen molar-refractivity contribution in [2.24, 2.45) is 0 Å². The number of fused-ring (bicyclic) bond motifs is 1. The number of halogens is 1. The van der Waals surface area contributed by atoms with Crippen LogP contribution in [0, 0.1) is 12.7 Å². The second kappa shape index (κ2) is 6.70. The van der Waals surface area contributed by atoms with Gasteiger partial charge in [-0.2, -0.15) is 0 Å². The molecule has 0 saturated carbocycles. The fourth-order valence-corrected chi connectivity index (χ4v) is 2.45. The highest BCUT2D eigenvalue weighted by molar-refractivity contribution is 5.96. The van der Waals surface area contributed by atoms with E-state index in [1.54, 1.807) is 6.92 Å². The Morgan fingerprint density at radius 1 is 1.21 bits per heavy atom. The molecule has 1 aromatic heterocycles. The van der Waals surface area contributed by atoms with Gasteiger partial charge in [0.1, 0.15) is 17.4 Å². The van der Waals surface area contributed by atoms with Crippen LogP contribution in [-0.2, 0) is 4.79 Å². The van der Waals surface area contributed by atoms with E-state index < -0.39 is 6.04 Å². The maximum atomic E-state index is 12.9. The Hall–Kier alpha value is -2.89. The summed E-state index contributed by atoms with van der Waals surface area (Å²) in [5, 5.41) is 5.97. The van der Waals surface area contributed by atoms with Gasteiger partial charge in [-0.05, 0) is 48.9 Å². The molecule has 0 radical (unpaired) electrons. The first-order chi connectivity index (χ1) is 11.5. The van der Waals surface area contributed by atoms with Crippen molar-refractivity contribution in [3.8, 4) is 0 Å². The summed E-state index contributed by atoms with van der Waals surface area (Å²) in [6.45, 7) is 3.71. The number of carbonyl (C=O) groups excluding carboxylic acids is 1. The van der Waals surface area contributed by atoms with Crippen LogP contribution in [0.1, 0.15) is 19.2 Å². The zero-order chi connectivity index (χ0) is 17.1. The molecule has 6 heteroatoms. The Morgan fingerprint density at radius 2 is 1.92 bits per heavy atom.